The molecule has 0 bridgehead atoms. The number of hydrogen-bond donors (Lipinski definition) is 0. The fourth-order valence-corrected chi connectivity index (χ4v) is 3.42. The van der Waals surface area contributed by atoms with Crippen LogP contribution in [0.4, 0.5) is 26.3 Å². The molecule has 1 atom stereocenters. The van der Waals surface area contributed by atoms with E-state index in [-0.39, 0.29) is 17.3 Å². The number of thioether (sulfide) groups is 1. The van der Waals surface area contributed by atoms with Crippen molar-refractivity contribution in [2.24, 2.45) is 0 Å². The Balaban J connectivity index is 2.25. The molecule has 2 heterocycles. The zero-order chi connectivity index (χ0) is 16.7. The lowest BCUT2D eigenvalue weighted by molar-refractivity contribution is -0.137. The first kappa shape index (κ1) is 17.7. The minimum absolute atomic E-state index is 0.0724. The highest BCUT2D eigenvalue weighted by Crippen LogP contribution is 2.43. The van der Waals surface area contributed by atoms with Gasteiger partial charge in [0.1, 0.15) is 9.98 Å². The van der Waals surface area contributed by atoms with E-state index in [0.717, 1.165) is 22.1 Å². The highest BCUT2D eigenvalue weighted by atomic mass is 79.9. The Morgan fingerprint density at radius 2 is 1.86 bits per heavy atom. The van der Waals surface area contributed by atoms with Gasteiger partial charge in [-0.1, -0.05) is 39.3 Å². The number of nitrogens with zero attached hydrogens (tertiary/aromatic N) is 2. The summed E-state index contributed by atoms with van der Waals surface area (Å²) < 4.78 is 75.4. The Morgan fingerprint density at radius 1 is 1.23 bits per heavy atom. The third-order valence-electron chi connectivity index (χ3n) is 2.70. The van der Waals surface area contributed by atoms with Crippen LogP contribution >= 0.6 is 39.3 Å². The van der Waals surface area contributed by atoms with Crippen molar-refractivity contribution in [3.05, 3.63) is 39.6 Å². The molecule has 0 saturated heterocycles. The molecule has 0 fully saturated rings. The molecule has 1 unspecified atom stereocenters. The Labute approximate surface area is 138 Å². The second kappa shape index (κ2) is 6.12. The minimum Gasteiger partial charge on any atom is -0.340 e. The standard InChI is InChI=1S/C11H6BrClF6N2S/c12-9-21(8(4-22-9)11(17,18)19)3-7-6(13)1-5(2-20-7)10(14,15)16/h1-2,4,9H,3H2. The Bertz CT molecular complexity index is 603. The van der Waals surface area contributed by atoms with Crippen LogP contribution in [0, 0.1) is 0 Å². The van der Waals surface area contributed by atoms with Crippen molar-refractivity contribution in [1.82, 2.24) is 9.88 Å². The second-order valence-corrected chi connectivity index (χ2v) is 7.04. The van der Waals surface area contributed by atoms with Crippen LogP contribution in [-0.4, -0.2) is 20.3 Å². The summed E-state index contributed by atoms with van der Waals surface area (Å²) in [6.07, 6.45) is -8.65. The number of allylic oxidation sites excluding steroid dienone is 1. The van der Waals surface area contributed by atoms with E-state index in [4.69, 9.17) is 11.6 Å². The molecule has 2 nitrogen and oxygen atoms in total. The van der Waals surface area contributed by atoms with Crippen LogP contribution < -0.4 is 0 Å². The van der Waals surface area contributed by atoms with E-state index in [2.05, 4.69) is 20.9 Å². The lowest BCUT2D eigenvalue weighted by Crippen LogP contribution is -2.31. The fraction of sp³-hybridized carbons (Fsp3) is 0.364. The van der Waals surface area contributed by atoms with E-state index >= 15 is 0 Å². The third kappa shape index (κ3) is 3.83. The number of pyridine rings is 1. The molecule has 0 aromatic carbocycles. The topological polar surface area (TPSA) is 16.1 Å². The molecule has 0 N–H and O–H groups in total. The molecular weight excluding hydrogens is 422 g/mol. The van der Waals surface area contributed by atoms with Gasteiger partial charge in [-0.15, -0.1) is 0 Å². The van der Waals surface area contributed by atoms with E-state index in [9.17, 15) is 26.3 Å². The van der Waals surface area contributed by atoms with Gasteiger partial charge in [-0.25, -0.2) is 0 Å². The summed E-state index contributed by atoms with van der Waals surface area (Å²) in [5, 5.41) is 0.588. The van der Waals surface area contributed by atoms with Crippen molar-refractivity contribution in [1.29, 1.82) is 0 Å². The predicted molar refractivity (Wildman–Crippen MR) is 74.2 cm³/mol. The van der Waals surface area contributed by atoms with E-state index in [1.165, 1.54) is 0 Å². The van der Waals surface area contributed by atoms with Gasteiger partial charge in [0.05, 0.1) is 22.8 Å². The molecule has 122 valence electrons. The molecule has 22 heavy (non-hydrogen) atoms. The normalized spacial score (nSPS) is 19.5. The van der Waals surface area contributed by atoms with E-state index in [1.807, 2.05) is 0 Å². The second-order valence-electron chi connectivity index (χ2n) is 4.21. The summed E-state index contributed by atoms with van der Waals surface area (Å²) in [5.74, 6) is 0. The molecule has 1 aliphatic heterocycles. The van der Waals surface area contributed by atoms with E-state index in [1.54, 1.807) is 0 Å². The van der Waals surface area contributed by atoms with Gasteiger partial charge in [-0.05, 0) is 6.07 Å². The molecular formula is C11H6BrClF6N2S. The summed E-state index contributed by atoms with van der Waals surface area (Å²) in [5.41, 5.74) is -2.03. The number of halogens is 8. The van der Waals surface area contributed by atoms with Gasteiger partial charge < -0.3 is 4.90 Å². The molecule has 0 amide bonds. The lowest BCUT2D eigenvalue weighted by Gasteiger charge is -2.26. The monoisotopic (exact) mass is 426 g/mol. The molecule has 0 spiro atoms. The van der Waals surface area contributed by atoms with Crippen molar-refractivity contribution in [2.75, 3.05) is 0 Å². The zero-order valence-corrected chi connectivity index (χ0v) is 13.5. The fourth-order valence-electron chi connectivity index (χ4n) is 1.66. The van der Waals surface area contributed by atoms with E-state index in [0.29, 0.717) is 12.3 Å². The summed E-state index contributed by atoms with van der Waals surface area (Å²) in [4.78, 5) is 4.46. The van der Waals surface area contributed by atoms with Gasteiger partial charge in [-0.3, -0.25) is 4.98 Å². The molecule has 0 saturated carbocycles. The molecule has 0 radical (unpaired) electrons. The van der Waals surface area contributed by atoms with Crippen LogP contribution in [0.2, 0.25) is 5.02 Å². The average molecular weight is 428 g/mol. The van der Waals surface area contributed by atoms with Gasteiger partial charge in [0, 0.05) is 11.6 Å². The van der Waals surface area contributed by atoms with Gasteiger partial charge in [-0.2, -0.15) is 26.3 Å². The van der Waals surface area contributed by atoms with Crippen molar-refractivity contribution in [3.8, 4) is 0 Å². The highest BCUT2D eigenvalue weighted by molar-refractivity contribution is 9.11. The lowest BCUT2D eigenvalue weighted by atomic mass is 10.2. The van der Waals surface area contributed by atoms with Crippen molar-refractivity contribution in [3.63, 3.8) is 0 Å². The maximum atomic E-state index is 12.9. The van der Waals surface area contributed by atoms with Gasteiger partial charge >= 0.3 is 12.4 Å². The smallest absolute Gasteiger partial charge is 0.340 e. The van der Waals surface area contributed by atoms with Crippen LogP contribution in [0.5, 0.6) is 0 Å². The highest BCUT2D eigenvalue weighted by Gasteiger charge is 2.43. The quantitative estimate of drug-likeness (QED) is 0.358. The average Bonchev–Trinajstić information content (AvgIpc) is 2.72. The first-order chi connectivity index (χ1) is 10.00. The molecule has 1 aliphatic rings. The number of alkyl halides is 7. The Hall–Kier alpha value is -0.610. The molecule has 2 rings (SSSR count). The van der Waals surface area contributed by atoms with Gasteiger partial charge in [0.15, 0.2) is 0 Å². The van der Waals surface area contributed by atoms with Gasteiger partial charge in [0.25, 0.3) is 0 Å². The van der Waals surface area contributed by atoms with Crippen LogP contribution in [0.1, 0.15) is 11.3 Å². The zero-order valence-electron chi connectivity index (χ0n) is 10.3. The maximum absolute atomic E-state index is 12.9. The van der Waals surface area contributed by atoms with Crippen molar-refractivity contribution >= 4 is 39.3 Å². The summed E-state index contributed by atoms with van der Waals surface area (Å²) in [6, 6.07) is 0.646. The van der Waals surface area contributed by atoms with E-state index < -0.39 is 27.9 Å². The summed E-state index contributed by atoms with van der Waals surface area (Å²) >= 11 is 9.65. The Kier molecular flexibility index (Phi) is 4.94. The largest absolute Gasteiger partial charge is 0.431 e. The first-order valence-corrected chi connectivity index (χ1v) is 7.79. The maximum Gasteiger partial charge on any atom is 0.431 e. The number of aromatic nitrogens is 1. The molecule has 1 aromatic rings. The van der Waals surface area contributed by atoms with Crippen molar-refractivity contribution < 1.29 is 26.3 Å². The van der Waals surface area contributed by atoms with Crippen LogP contribution in [0.15, 0.2) is 23.4 Å². The SMILES string of the molecule is FC(F)(F)C1=CSC(Br)N1Cc1ncc(C(F)(F)F)cc1Cl. The first-order valence-electron chi connectivity index (χ1n) is 5.55. The van der Waals surface area contributed by atoms with Crippen LogP contribution in [0.25, 0.3) is 0 Å². The molecule has 0 aliphatic carbocycles. The molecule has 1 aromatic heterocycles. The minimum atomic E-state index is -4.62. The number of rotatable bonds is 2. The van der Waals surface area contributed by atoms with Crippen molar-refractivity contribution in [2.45, 2.75) is 23.2 Å². The van der Waals surface area contributed by atoms with Crippen LogP contribution in [0.3, 0.4) is 0 Å². The Morgan fingerprint density at radius 3 is 2.36 bits per heavy atom. The van der Waals surface area contributed by atoms with Gasteiger partial charge in [0.2, 0.25) is 0 Å². The third-order valence-corrected chi connectivity index (χ3v) is 5.01. The molecule has 11 heteroatoms. The summed E-state index contributed by atoms with van der Waals surface area (Å²) in [6.45, 7) is -0.370. The predicted octanol–water partition coefficient (Wildman–Crippen LogP) is 5.38. The summed E-state index contributed by atoms with van der Waals surface area (Å²) in [7, 11) is 0. The van der Waals surface area contributed by atoms with Crippen LogP contribution in [-0.2, 0) is 12.7 Å². The number of hydrogen-bond acceptors (Lipinski definition) is 3.